The van der Waals surface area contributed by atoms with Gasteiger partial charge in [0.15, 0.2) is 0 Å². The highest BCUT2D eigenvalue weighted by Crippen LogP contribution is 2.26. The first-order valence-electron chi connectivity index (χ1n) is 7.78. The lowest BCUT2D eigenvalue weighted by Gasteiger charge is -2.17. The number of likely N-dealkylation sites (tertiary alicyclic amines) is 1. The Morgan fingerprint density at radius 2 is 2.00 bits per heavy atom. The summed E-state index contributed by atoms with van der Waals surface area (Å²) in [6.45, 7) is 2.89. The molecule has 3 rings (SSSR count). The zero-order valence-electron chi connectivity index (χ0n) is 13.5. The summed E-state index contributed by atoms with van der Waals surface area (Å²) in [5.74, 6) is -1.14. The summed E-state index contributed by atoms with van der Waals surface area (Å²) in [7, 11) is 1.69. The first-order valence-corrected chi connectivity index (χ1v) is 8.16. The highest BCUT2D eigenvalue weighted by atomic mass is 35.5. The van der Waals surface area contributed by atoms with E-state index in [1.165, 1.54) is 16.8 Å². The fourth-order valence-electron chi connectivity index (χ4n) is 3.26. The van der Waals surface area contributed by atoms with Gasteiger partial charge in [0.2, 0.25) is 0 Å². The lowest BCUT2D eigenvalue weighted by atomic mass is 9.98. The van der Waals surface area contributed by atoms with Crippen LogP contribution in [0.3, 0.4) is 0 Å². The molecule has 1 atom stereocenters. The first-order chi connectivity index (χ1) is 11.3. The van der Waals surface area contributed by atoms with Crippen LogP contribution in [0.15, 0.2) is 18.2 Å². The van der Waals surface area contributed by atoms with Gasteiger partial charge in [-0.25, -0.2) is 8.78 Å². The van der Waals surface area contributed by atoms with Crippen LogP contribution in [-0.2, 0) is 13.5 Å². The second-order valence-corrected chi connectivity index (χ2v) is 6.64. The van der Waals surface area contributed by atoms with Gasteiger partial charge in [-0.1, -0.05) is 11.6 Å². The van der Waals surface area contributed by atoms with E-state index >= 15 is 0 Å². The molecule has 24 heavy (non-hydrogen) atoms. The van der Waals surface area contributed by atoms with Crippen molar-refractivity contribution in [1.82, 2.24) is 14.7 Å². The highest BCUT2D eigenvalue weighted by Gasteiger charge is 2.30. The molecule has 0 bridgehead atoms. The Kier molecular flexibility index (Phi) is 4.58. The molecule has 0 radical (unpaired) electrons. The Hall–Kier alpha value is -1.95. The van der Waals surface area contributed by atoms with E-state index in [0.29, 0.717) is 41.5 Å². The van der Waals surface area contributed by atoms with E-state index in [-0.39, 0.29) is 11.8 Å². The van der Waals surface area contributed by atoms with E-state index in [4.69, 9.17) is 11.6 Å². The average molecular weight is 354 g/mol. The highest BCUT2D eigenvalue weighted by molar-refractivity contribution is 6.34. The Bertz CT molecular complexity index is 770. The third kappa shape index (κ3) is 3.29. The Morgan fingerprint density at radius 1 is 1.33 bits per heavy atom. The number of hydrogen-bond acceptors (Lipinski definition) is 2. The van der Waals surface area contributed by atoms with Crippen molar-refractivity contribution in [3.8, 4) is 0 Å². The molecule has 4 nitrogen and oxygen atoms in total. The van der Waals surface area contributed by atoms with Crippen molar-refractivity contribution in [2.45, 2.75) is 19.8 Å². The van der Waals surface area contributed by atoms with Gasteiger partial charge in [-0.3, -0.25) is 9.48 Å². The van der Waals surface area contributed by atoms with Crippen LogP contribution in [0.25, 0.3) is 0 Å². The standard InChI is InChI=1S/C17H18ClF2N3O/c1-10-15(18)16(22(2)21-10)17(24)23-4-3-11(9-23)5-12-6-13(19)8-14(20)7-12/h6-8,11H,3-5,9H2,1-2H3. The van der Waals surface area contributed by atoms with Crippen LogP contribution < -0.4 is 0 Å². The minimum atomic E-state index is -0.576. The SMILES string of the molecule is Cc1nn(C)c(C(=O)N2CCC(Cc3cc(F)cc(F)c3)C2)c1Cl. The summed E-state index contributed by atoms with van der Waals surface area (Å²) < 4.78 is 28.1. The van der Waals surface area contributed by atoms with E-state index in [2.05, 4.69) is 5.10 Å². The van der Waals surface area contributed by atoms with Gasteiger partial charge in [0.25, 0.3) is 5.91 Å². The molecule has 1 unspecified atom stereocenters. The maximum absolute atomic E-state index is 13.3. The smallest absolute Gasteiger partial charge is 0.273 e. The molecule has 1 aliphatic heterocycles. The number of amides is 1. The number of aryl methyl sites for hydroxylation is 2. The van der Waals surface area contributed by atoms with Gasteiger partial charge < -0.3 is 4.90 Å². The summed E-state index contributed by atoms with van der Waals surface area (Å²) in [6.07, 6.45) is 1.33. The number of carbonyl (C=O) groups is 1. The fourth-order valence-corrected chi connectivity index (χ4v) is 3.50. The van der Waals surface area contributed by atoms with Crippen molar-refractivity contribution in [3.63, 3.8) is 0 Å². The molecule has 0 aliphatic carbocycles. The van der Waals surface area contributed by atoms with E-state index in [9.17, 15) is 13.6 Å². The zero-order chi connectivity index (χ0) is 17.4. The van der Waals surface area contributed by atoms with E-state index < -0.39 is 11.6 Å². The predicted molar refractivity (Wildman–Crippen MR) is 87.0 cm³/mol. The molecule has 1 aromatic carbocycles. The number of benzene rings is 1. The molecule has 0 saturated carbocycles. The minimum absolute atomic E-state index is 0.156. The van der Waals surface area contributed by atoms with Crippen LogP contribution in [0, 0.1) is 24.5 Å². The van der Waals surface area contributed by atoms with Crippen molar-refractivity contribution in [1.29, 1.82) is 0 Å². The molecule has 1 saturated heterocycles. The van der Waals surface area contributed by atoms with Gasteiger partial charge in [0.1, 0.15) is 17.3 Å². The Labute approximate surface area is 144 Å². The number of hydrogen-bond donors (Lipinski definition) is 0. The number of halogens is 3. The van der Waals surface area contributed by atoms with Crippen molar-refractivity contribution in [2.24, 2.45) is 13.0 Å². The van der Waals surface area contributed by atoms with Gasteiger partial charge in [-0.15, -0.1) is 0 Å². The summed E-state index contributed by atoms with van der Waals surface area (Å²) in [5.41, 5.74) is 1.61. The molecule has 0 N–H and O–H groups in total. The van der Waals surface area contributed by atoms with Crippen molar-refractivity contribution >= 4 is 17.5 Å². The maximum atomic E-state index is 13.3. The molecule has 1 amide bonds. The maximum Gasteiger partial charge on any atom is 0.273 e. The summed E-state index contributed by atoms with van der Waals surface area (Å²) in [4.78, 5) is 14.4. The third-order valence-corrected chi connectivity index (χ3v) is 4.82. The van der Waals surface area contributed by atoms with Gasteiger partial charge >= 0.3 is 0 Å². The molecule has 1 aliphatic rings. The summed E-state index contributed by atoms with van der Waals surface area (Å²) >= 11 is 6.17. The van der Waals surface area contributed by atoms with Gasteiger partial charge in [0.05, 0.1) is 10.7 Å². The second kappa shape index (κ2) is 6.51. The molecule has 2 heterocycles. The molecular formula is C17H18ClF2N3O. The van der Waals surface area contributed by atoms with Crippen molar-refractivity contribution in [3.05, 3.63) is 51.8 Å². The number of carbonyl (C=O) groups excluding carboxylic acids is 1. The Balaban J connectivity index is 1.70. The zero-order valence-corrected chi connectivity index (χ0v) is 14.3. The quantitative estimate of drug-likeness (QED) is 0.848. The molecule has 2 aromatic rings. The number of rotatable bonds is 3. The number of aromatic nitrogens is 2. The van der Waals surface area contributed by atoms with Crippen molar-refractivity contribution in [2.75, 3.05) is 13.1 Å². The van der Waals surface area contributed by atoms with Crippen LogP contribution in [0.4, 0.5) is 8.78 Å². The summed E-state index contributed by atoms with van der Waals surface area (Å²) in [6, 6.07) is 3.55. The molecular weight excluding hydrogens is 336 g/mol. The normalized spacial score (nSPS) is 17.5. The first kappa shape index (κ1) is 16.9. The topological polar surface area (TPSA) is 38.1 Å². The lowest BCUT2D eigenvalue weighted by Crippen LogP contribution is -2.30. The summed E-state index contributed by atoms with van der Waals surface area (Å²) in [5, 5.41) is 4.54. The van der Waals surface area contributed by atoms with Crippen LogP contribution in [0.5, 0.6) is 0 Å². The van der Waals surface area contributed by atoms with Crippen molar-refractivity contribution < 1.29 is 13.6 Å². The minimum Gasteiger partial charge on any atom is -0.337 e. The largest absolute Gasteiger partial charge is 0.337 e. The fraction of sp³-hybridized carbons (Fsp3) is 0.412. The number of nitrogens with zero attached hydrogens (tertiary/aromatic N) is 3. The van der Waals surface area contributed by atoms with E-state index in [0.717, 1.165) is 12.5 Å². The third-order valence-electron chi connectivity index (χ3n) is 4.37. The van der Waals surface area contributed by atoms with Crippen LogP contribution in [-0.4, -0.2) is 33.7 Å². The second-order valence-electron chi connectivity index (χ2n) is 6.26. The Morgan fingerprint density at radius 3 is 2.58 bits per heavy atom. The lowest BCUT2D eigenvalue weighted by molar-refractivity contribution is 0.0776. The van der Waals surface area contributed by atoms with Crippen LogP contribution in [0.2, 0.25) is 5.02 Å². The van der Waals surface area contributed by atoms with E-state index in [1.54, 1.807) is 18.9 Å². The molecule has 0 spiro atoms. The van der Waals surface area contributed by atoms with Crippen LogP contribution >= 0.6 is 11.6 Å². The van der Waals surface area contributed by atoms with E-state index in [1.807, 2.05) is 0 Å². The monoisotopic (exact) mass is 353 g/mol. The molecule has 1 fully saturated rings. The molecule has 7 heteroatoms. The van der Waals surface area contributed by atoms with Gasteiger partial charge in [0, 0.05) is 26.2 Å². The predicted octanol–water partition coefficient (Wildman–Crippen LogP) is 3.36. The molecule has 128 valence electrons. The van der Waals surface area contributed by atoms with Gasteiger partial charge in [-0.2, -0.15) is 5.10 Å². The average Bonchev–Trinajstić information content (AvgIpc) is 3.03. The van der Waals surface area contributed by atoms with Gasteiger partial charge in [-0.05, 0) is 43.4 Å². The molecule has 1 aromatic heterocycles. The van der Waals surface area contributed by atoms with Crippen LogP contribution in [0.1, 0.15) is 28.2 Å².